The maximum Gasteiger partial charge on any atom is 0.175 e. The Morgan fingerprint density at radius 2 is 1.27 bits per heavy atom. The molecule has 0 saturated carbocycles. The fraction of sp³-hybridized carbons (Fsp3) is 0.538. The van der Waals surface area contributed by atoms with Crippen molar-refractivity contribution in [2.24, 2.45) is 0 Å². The molecular formula is C52H70O10. The first-order valence-electron chi connectivity index (χ1n) is 22.8. The van der Waals surface area contributed by atoms with Crippen molar-refractivity contribution >= 4 is 0 Å². The summed E-state index contributed by atoms with van der Waals surface area (Å²) < 4.78 is 53.2. The Labute approximate surface area is 370 Å². The third-order valence-electron chi connectivity index (χ3n) is 10.7. The molecule has 0 saturated heterocycles. The molecule has 1 unspecified atom stereocenters. The lowest BCUT2D eigenvalue weighted by Crippen LogP contribution is -2.24. The minimum atomic E-state index is -0.314. The van der Waals surface area contributed by atoms with E-state index in [0.29, 0.717) is 78.2 Å². The van der Waals surface area contributed by atoms with Crippen molar-refractivity contribution in [3.63, 3.8) is 0 Å². The standard InChI is InChI=1S/C52H70O10/c1-42-38-44(39-51(54-2)52(42)61-29-12-8-5-9-26-53)15-13-14-43-16-19-46(20-17-43)47-21-23-48(24-22-47)62-41-45-18-25-49-50(40-45)60-37-35-58-33-31-56-28-11-7-4-3-6-10-27-55-30-32-57-34-36-59-49/h3-4,16-17,19-24,38-39,50,53H,5-15,26-37,40-41H2,1-2H3. The van der Waals surface area contributed by atoms with Crippen molar-refractivity contribution < 1.29 is 47.7 Å². The highest BCUT2D eigenvalue weighted by Crippen LogP contribution is 2.33. The van der Waals surface area contributed by atoms with Crippen LogP contribution < -0.4 is 14.2 Å². The summed E-state index contributed by atoms with van der Waals surface area (Å²) in [6.45, 7) is 8.73. The van der Waals surface area contributed by atoms with E-state index in [9.17, 15) is 0 Å². The molecular weight excluding hydrogens is 785 g/mol. The van der Waals surface area contributed by atoms with Crippen molar-refractivity contribution in [2.75, 3.05) is 93.0 Å². The van der Waals surface area contributed by atoms with Gasteiger partial charge in [-0.25, -0.2) is 0 Å². The second kappa shape index (κ2) is 29.9. The van der Waals surface area contributed by atoms with Gasteiger partial charge in [0.2, 0.25) is 0 Å². The van der Waals surface area contributed by atoms with Gasteiger partial charge in [0.15, 0.2) is 17.3 Å². The molecule has 1 heterocycles. The number of hydrogen-bond donors (Lipinski definition) is 1. The van der Waals surface area contributed by atoms with Gasteiger partial charge in [0.05, 0.1) is 60.0 Å². The van der Waals surface area contributed by atoms with E-state index in [-0.39, 0.29) is 12.7 Å². The summed E-state index contributed by atoms with van der Waals surface area (Å²) in [5, 5.41) is 8.98. The minimum absolute atomic E-state index is 0.253. The van der Waals surface area contributed by atoms with E-state index < -0.39 is 0 Å². The van der Waals surface area contributed by atoms with Crippen molar-refractivity contribution in [1.29, 1.82) is 0 Å². The van der Waals surface area contributed by atoms with Crippen LogP contribution in [0.5, 0.6) is 17.2 Å². The average molecular weight is 855 g/mol. The smallest absolute Gasteiger partial charge is 0.175 e. The summed E-state index contributed by atoms with van der Waals surface area (Å²) in [7, 11) is 1.70. The molecule has 1 N–H and O–H groups in total. The molecule has 338 valence electrons. The molecule has 2 aliphatic rings. The van der Waals surface area contributed by atoms with Crippen LogP contribution in [0.25, 0.3) is 11.1 Å². The number of fused-ring (bicyclic) bond motifs is 1. The molecule has 0 fully saturated rings. The number of benzene rings is 3. The van der Waals surface area contributed by atoms with E-state index >= 15 is 0 Å². The summed E-state index contributed by atoms with van der Waals surface area (Å²) in [6, 6.07) is 21.4. The number of methoxy groups -OCH3 is 1. The molecule has 10 heteroatoms. The van der Waals surface area contributed by atoms with Gasteiger partial charge in [-0.15, -0.1) is 0 Å². The predicted molar refractivity (Wildman–Crippen MR) is 243 cm³/mol. The van der Waals surface area contributed by atoms with Crippen LogP contribution in [-0.4, -0.2) is 104 Å². The molecule has 1 aliphatic carbocycles. The molecule has 0 aromatic heterocycles. The fourth-order valence-electron chi connectivity index (χ4n) is 7.21. The Bertz CT molecular complexity index is 1820. The van der Waals surface area contributed by atoms with E-state index in [0.717, 1.165) is 118 Å². The van der Waals surface area contributed by atoms with Crippen LogP contribution in [0.1, 0.15) is 80.9 Å². The van der Waals surface area contributed by atoms with Crippen molar-refractivity contribution in [2.45, 2.75) is 90.1 Å². The van der Waals surface area contributed by atoms with Gasteiger partial charge < -0.3 is 47.7 Å². The maximum absolute atomic E-state index is 8.98. The molecule has 3 aromatic rings. The van der Waals surface area contributed by atoms with Gasteiger partial charge in [-0.05, 0) is 123 Å². The molecule has 0 amide bonds. The Morgan fingerprint density at radius 1 is 0.645 bits per heavy atom. The quantitative estimate of drug-likeness (QED) is 0.0852. The van der Waals surface area contributed by atoms with Gasteiger partial charge in [0.1, 0.15) is 25.1 Å². The first-order chi connectivity index (χ1) is 30.6. The van der Waals surface area contributed by atoms with Crippen LogP contribution in [0.15, 0.2) is 95.6 Å². The van der Waals surface area contributed by atoms with E-state index in [1.165, 1.54) is 16.7 Å². The Morgan fingerprint density at radius 3 is 1.97 bits per heavy atom. The lowest BCUT2D eigenvalue weighted by atomic mass is 9.99. The molecule has 1 aliphatic heterocycles. The van der Waals surface area contributed by atoms with Crippen LogP contribution >= 0.6 is 0 Å². The van der Waals surface area contributed by atoms with Crippen molar-refractivity contribution in [3.05, 3.63) is 112 Å². The number of rotatable bonds is 16. The van der Waals surface area contributed by atoms with E-state index in [4.69, 9.17) is 47.7 Å². The number of unbranched alkanes of at least 4 members (excludes halogenated alkanes) is 3. The highest BCUT2D eigenvalue weighted by atomic mass is 16.6. The number of aliphatic hydroxyl groups excluding tert-OH is 1. The second-order valence-electron chi connectivity index (χ2n) is 15.6. The van der Waals surface area contributed by atoms with Gasteiger partial charge in [-0.1, -0.05) is 66.8 Å². The Kier molecular flexibility index (Phi) is 23.5. The largest absolute Gasteiger partial charge is 0.493 e. The van der Waals surface area contributed by atoms with Crippen LogP contribution in [0.2, 0.25) is 0 Å². The van der Waals surface area contributed by atoms with Gasteiger partial charge in [0.25, 0.3) is 0 Å². The van der Waals surface area contributed by atoms with Gasteiger partial charge in [-0.2, -0.15) is 0 Å². The third kappa shape index (κ3) is 18.6. The van der Waals surface area contributed by atoms with Gasteiger partial charge in [-0.3, -0.25) is 0 Å². The third-order valence-corrected chi connectivity index (χ3v) is 10.7. The minimum Gasteiger partial charge on any atom is -0.493 e. The predicted octanol–water partition coefficient (Wildman–Crippen LogP) is 9.72. The molecule has 3 aromatic carbocycles. The number of aliphatic hydroxyl groups is 1. The SMILES string of the molecule is COc1cc(CCCc2ccc(-c3ccc(OCC4=C=C=C5OCCOCCOCCCC=CCCCOCCOCCOC5C4)cc3)cc2)cc(C)c1OCCCCCCO. The summed E-state index contributed by atoms with van der Waals surface area (Å²) in [5.41, 5.74) is 13.4. The summed E-state index contributed by atoms with van der Waals surface area (Å²) >= 11 is 0. The van der Waals surface area contributed by atoms with E-state index in [1.807, 2.05) is 12.1 Å². The van der Waals surface area contributed by atoms with Gasteiger partial charge >= 0.3 is 0 Å². The molecule has 0 radical (unpaired) electrons. The lowest BCUT2D eigenvalue weighted by Gasteiger charge is -2.22. The van der Waals surface area contributed by atoms with Crippen molar-refractivity contribution in [3.8, 4) is 28.4 Å². The molecule has 62 heavy (non-hydrogen) atoms. The zero-order chi connectivity index (χ0) is 43.3. The second-order valence-corrected chi connectivity index (χ2v) is 15.6. The summed E-state index contributed by atoms with van der Waals surface area (Å²) in [4.78, 5) is 0. The van der Waals surface area contributed by atoms with Crippen LogP contribution in [0.4, 0.5) is 0 Å². The van der Waals surface area contributed by atoms with Gasteiger partial charge in [0, 0.05) is 31.8 Å². The molecule has 10 nitrogen and oxygen atoms in total. The number of allylic oxidation sites excluding steroid dienone is 2. The summed E-state index contributed by atoms with van der Waals surface area (Å²) in [6.07, 6.45) is 15.6. The van der Waals surface area contributed by atoms with Crippen LogP contribution in [0, 0.1) is 6.92 Å². The van der Waals surface area contributed by atoms with E-state index in [1.54, 1.807) is 7.11 Å². The number of ether oxygens (including phenoxy) is 9. The highest BCUT2D eigenvalue weighted by molar-refractivity contribution is 5.64. The first-order valence-corrected chi connectivity index (χ1v) is 22.8. The van der Waals surface area contributed by atoms with E-state index in [2.05, 4.69) is 79.1 Å². The van der Waals surface area contributed by atoms with Crippen LogP contribution in [-0.2, 0) is 41.3 Å². The molecule has 0 spiro atoms. The topological polar surface area (TPSA) is 103 Å². The maximum atomic E-state index is 8.98. The molecule has 5 rings (SSSR count). The monoisotopic (exact) mass is 854 g/mol. The normalized spacial score (nSPS) is 17.8. The highest BCUT2D eigenvalue weighted by Gasteiger charge is 2.22. The zero-order valence-corrected chi connectivity index (χ0v) is 37.3. The number of hydrogen-bond acceptors (Lipinski definition) is 10. The fourth-order valence-corrected chi connectivity index (χ4v) is 7.21. The number of aryl methyl sites for hydroxylation is 3. The molecule has 1 atom stereocenters. The molecule has 0 bridgehead atoms. The zero-order valence-electron chi connectivity index (χ0n) is 37.3. The first kappa shape index (κ1) is 48.7. The average Bonchev–Trinajstić information content (AvgIpc) is 3.29. The van der Waals surface area contributed by atoms with Crippen LogP contribution in [0.3, 0.4) is 0 Å². The Hall–Kier alpha value is -4.34. The Balaban J connectivity index is 1.06. The van der Waals surface area contributed by atoms with Crippen molar-refractivity contribution in [1.82, 2.24) is 0 Å². The summed E-state index contributed by atoms with van der Waals surface area (Å²) in [5.74, 6) is 3.02. The lowest BCUT2D eigenvalue weighted by molar-refractivity contribution is -0.0257.